The highest BCUT2D eigenvalue weighted by Gasteiger charge is 2.36. The maximum atomic E-state index is 13.6. The van der Waals surface area contributed by atoms with Gasteiger partial charge in [-0.3, -0.25) is 10.3 Å². The zero-order chi connectivity index (χ0) is 11.7. The van der Waals surface area contributed by atoms with Crippen LogP contribution in [0.4, 0.5) is 4.39 Å². The zero-order valence-electron chi connectivity index (χ0n) is 9.18. The molecule has 0 radical (unpaired) electrons. The molecule has 2 nitrogen and oxygen atoms in total. The fourth-order valence-corrected chi connectivity index (χ4v) is 2.21. The van der Waals surface area contributed by atoms with Gasteiger partial charge in [-0.15, -0.1) is 0 Å². The molecule has 1 aromatic carbocycles. The highest BCUT2D eigenvalue weighted by atomic mass is 35.5. The lowest BCUT2D eigenvalue weighted by Crippen LogP contribution is -2.08. The molecule has 1 unspecified atom stereocenters. The number of hydroxylamine groups is 1. The zero-order valence-corrected chi connectivity index (χ0v) is 9.94. The van der Waals surface area contributed by atoms with Crippen LogP contribution in [0, 0.1) is 5.82 Å². The first-order valence-electron chi connectivity index (χ1n) is 5.07. The van der Waals surface area contributed by atoms with Gasteiger partial charge in [0.15, 0.2) is 0 Å². The Kier molecular flexibility index (Phi) is 3.17. The molecule has 1 fully saturated rings. The molecule has 1 aliphatic rings. The third kappa shape index (κ3) is 2.06. The Hall–Kier alpha value is -1.06. The van der Waals surface area contributed by atoms with Gasteiger partial charge in [0.2, 0.25) is 0 Å². The Bertz CT molecular complexity index is 424. The van der Waals surface area contributed by atoms with E-state index in [2.05, 4.69) is 5.48 Å². The standard InChI is InChI=1S/C12H13ClFNO/c1-7(15-16-2)8-6-9(8)12-10(13)4-3-5-11(12)14/h3-5,9,15H,6H2,1-2H3. The molecule has 0 spiro atoms. The SMILES string of the molecule is CONC(C)=C1CC1c1c(F)cccc1Cl. The Morgan fingerprint density at radius 2 is 2.31 bits per heavy atom. The van der Waals surface area contributed by atoms with E-state index in [0.717, 1.165) is 17.7 Å². The van der Waals surface area contributed by atoms with Crippen LogP contribution in [-0.2, 0) is 4.84 Å². The summed E-state index contributed by atoms with van der Waals surface area (Å²) in [4.78, 5) is 4.81. The summed E-state index contributed by atoms with van der Waals surface area (Å²) >= 11 is 6.00. The molecule has 0 saturated heterocycles. The molecule has 86 valence electrons. The van der Waals surface area contributed by atoms with Crippen LogP contribution in [0.5, 0.6) is 0 Å². The first-order chi connectivity index (χ1) is 7.65. The van der Waals surface area contributed by atoms with Gasteiger partial charge in [0.25, 0.3) is 0 Å². The van der Waals surface area contributed by atoms with Crippen LogP contribution in [0.25, 0.3) is 0 Å². The minimum Gasteiger partial charge on any atom is -0.280 e. The average molecular weight is 242 g/mol. The summed E-state index contributed by atoms with van der Waals surface area (Å²) in [6, 6.07) is 4.78. The van der Waals surface area contributed by atoms with Crippen LogP contribution in [0.1, 0.15) is 24.8 Å². The number of allylic oxidation sites excluding steroid dienone is 2. The molecule has 0 heterocycles. The van der Waals surface area contributed by atoms with Crippen LogP contribution >= 0.6 is 11.6 Å². The number of halogens is 2. The topological polar surface area (TPSA) is 21.3 Å². The van der Waals surface area contributed by atoms with Crippen LogP contribution in [0.15, 0.2) is 29.5 Å². The first-order valence-corrected chi connectivity index (χ1v) is 5.45. The van der Waals surface area contributed by atoms with Crippen molar-refractivity contribution in [1.82, 2.24) is 5.48 Å². The van der Waals surface area contributed by atoms with Crippen LogP contribution in [0.3, 0.4) is 0 Å². The third-order valence-electron chi connectivity index (χ3n) is 2.77. The van der Waals surface area contributed by atoms with E-state index < -0.39 is 0 Å². The average Bonchev–Trinajstić information content (AvgIpc) is 2.98. The molecule has 16 heavy (non-hydrogen) atoms. The summed E-state index contributed by atoms with van der Waals surface area (Å²) in [5, 5.41) is 0.491. The van der Waals surface area contributed by atoms with Gasteiger partial charge in [0.1, 0.15) is 5.82 Å². The highest BCUT2D eigenvalue weighted by molar-refractivity contribution is 6.31. The molecule has 1 atom stereocenters. The second-order valence-electron chi connectivity index (χ2n) is 3.85. The van der Waals surface area contributed by atoms with Gasteiger partial charge in [0, 0.05) is 22.2 Å². The van der Waals surface area contributed by atoms with Gasteiger partial charge in [-0.05, 0) is 31.1 Å². The summed E-state index contributed by atoms with van der Waals surface area (Å²) in [5.74, 6) is -0.144. The van der Waals surface area contributed by atoms with E-state index in [0.29, 0.717) is 10.6 Å². The van der Waals surface area contributed by atoms with E-state index in [1.54, 1.807) is 19.2 Å². The van der Waals surface area contributed by atoms with Crippen LogP contribution in [-0.4, -0.2) is 7.11 Å². The monoisotopic (exact) mass is 241 g/mol. The van der Waals surface area contributed by atoms with E-state index >= 15 is 0 Å². The molecular weight excluding hydrogens is 229 g/mol. The van der Waals surface area contributed by atoms with Crippen molar-refractivity contribution in [2.45, 2.75) is 19.3 Å². The van der Waals surface area contributed by atoms with Gasteiger partial charge >= 0.3 is 0 Å². The lowest BCUT2D eigenvalue weighted by molar-refractivity contribution is 0.117. The maximum absolute atomic E-state index is 13.6. The molecule has 0 amide bonds. The van der Waals surface area contributed by atoms with Gasteiger partial charge in [-0.2, -0.15) is 0 Å². The first kappa shape index (κ1) is 11.4. The number of hydrogen-bond donors (Lipinski definition) is 1. The Morgan fingerprint density at radius 3 is 2.94 bits per heavy atom. The Balaban J connectivity index is 2.27. The molecule has 0 aliphatic heterocycles. The number of rotatable bonds is 3. The second kappa shape index (κ2) is 4.44. The summed E-state index contributed by atoms with van der Waals surface area (Å²) in [6.45, 7) is 1.91. The van der Waals surface area contributed by atoms with Gasteiger partial charge in [-0.1, -0.05) is 17.7 Å². The van der Waals surface area contributed by atoms with Crippen molar-refractivity contribution in [1.29, 1.82) is 0 Å². The van der Waals surface area contributed by atoms with E-state index in [-0.39, 0.29) is 11.7 Å². The number of benzene rings is 1. The molecule has 4 heteroatoms. The van der Waals surface area contributed by atoms with Crippen molar-refractivity contribution < 1.29 is 9.23 Å². The van der Waals surface area contributed by atoms with Crippen LogP contribution < -0.4 is 5.48 Å². The van der Waals surface area contributed by atoms with Gasteiger partial charge in [-0.25, -0.2) is 4.39 Å². The van der Waals surface area contributed by atoms with Crippen molar-refractivity contribution in [3.8, 4) is 0 Å². The molecule has 1 aromatic rings. The molecular formula is C12H13ClFNO. The van der Waals surface area contributed by atoms with Crippen molar-refractivity contribution in [3.63, 3.8) is 0 Å². The highest BCUT2D eigenvalue weighted by Crippen LogP contribution is 2.51. The van der Waals surface area contributed by atoms with Gasteiger partial charge in [0.05, 0.1) is 7.11 Å². The summed E-state index contributed by atoms with van der Waals surface area (Å²) in [5.41, 5.74) is 5.44. The molecule has 1 N–H and O–H groups in total. The smallest absolute Gasteiger partial charge is 0.128 e. The van der Waals surface area contributed by atoms with E-state index in [9.17, 15) is 4.39 Å². The predicted molar refractivity (Wildman–Crippen MR) is 61.6 cm³/mol. The summed E-state index contributed by atoms with van der Waals surface area (Å²) in [7, 11) is 1.55. The Morgan fingerprint density at radius 1 is 1.56 bits per heavy atom. The molecule has 1 aliphatic carbocycles. The fraction of sp³-hybridized carbons (Fsp3) is 0.333. The lowest BCUT2D eigenvalue weighted by atomic mass is 10.1. The molecule has 2 rings (SSSR count). The molecule has 0 bridgehead atoms. The van der Waals surface area contributed by atoms with Crippen LogP contribution in [0.2, 0.25) is 5.02 Å². The molecule has 1 saturated carbocycles. The fourth-order valence-electron chi connectivity index (χ4n) is 1.91. The minimum absolute atomic E-state index is 0.0938. The van der Waals surface area contributed by atoms with Crippen molar-refractivity contribution in [2.24, 2.45) is 0 Å². The third-order valence-corrected chi connectivity index (χ3v) is 3.10. The van der Waals surface area contributed by atoms with Crippen molar-refractivity contribution in [2.75, 3.05) is 7.11 Å². The normalized spacial score (nSPS) is 21.9. The van der Waals surface area contributed by atoms with E-state index in [1.165, 1.54) is 6.07 Å². The predicted octanol–water partition coefficient (Wildman–Crippen LogP) is 3.39. The summed E-state index contributed by atoms with van der Waals surface area (Å²) in [6.07, 6.45) is 0.836. The van der Waals surface area contributed by atoms with Crippen molar-refractivity contribution in [3.05, 3.63) is 45.9 Å². The quantitative estimate of drug-likeness (QED) is 0.819. The number of hydrogen-bond acceptors (Lipinski definition) is 2. The molecule has 0 aromatic heterocycles. The van der Waals surface area contributed by atoms with E-state index in [1.807, 2.05) is 6.92 Å². The Labute approximate surface area is 99.0 Å². The summed E-state index contributed by atoms with van der Waals surface area (Å²) < 4.78 is 13.6. The van der Waals surface area contributed by atoms with Gasteiger partial charge < -0.3 is 0 Å². The minimum atomic E-state index is -0.238. The number of nitrogens with one attached hydrogen (secondary N) is 1. The largest absolute Gasteiger partial charge is 0.280 e. The lowest BCUT2D eigenvalue weighted by Gasteiger charge is -2.04. The van der Waals surface area contributed by atoms with E-state index in [4.69, 9.17) is 16.4 Å². The maximum Gasteiger partial charge on any atom is 0.128 e. The van der Waals surface area contributed by atoms with Crippen molar-refractivity contribution >= 4 is 11.6 Å². The second-order valence-corrected chi connectivity index (χ2v) is 4.26.